The number of rotatable bonds is 6. The molecule has 0 saturated carbocycles. The summed E-state index contributed by atoms with van der Waals surface area (Å²) >= 11 is 3.68. The highest BCUT2D eigenvalue weighted by Gasteiger charge is 2.17. The number of hydrogen-bond acceptors (Lipinski definition) is 4. The van der Waals surface area contributed by atoms with Gasteiger partial charge in [-0.2, -0.15) is 0 Å². The molecule has 3 aromatic heterocycles. The second-order valence-electron chi connectivity index (χ2n) is 14.2. The minimum Gasteiger partial charge on any atom is -0.228 e. The maximum absolute atomic E-state index is 5.33. The lowest BCUT2D eigenvalue weighted by molar-refractivity contribution is 1.19. The van der Waals surface area contributed by atoms with Gasteiger partial charge in [0.05, 0.1) is 11.4 Å². The fraction of sp³-hybridized carbons (Fsp3) is 0. The van der Waals surface area contributed by atoms with Gasteiger partial charge < -0.3 is 0 Å². The second kappa shape index (κ2) is 13.5. The summed E-state index contributed by atoms with van der Waals surface area (Å²) < 4.78 is 5.12. The summed E-state index contributed by atoms with van der Waals surface area (Å²) in [6.45, 7) is 0. The summed E-state index contributed by atoms with van der Waals surface area (Å²) in [5.74, 6) is 0.709. The summed E-state index contributed by atoms with van der Waals surface area (Å²) in [4.78, 5) is 10.6. The van der Waals surface area contributed by atoms with E-state index in [4.69, 9.17) is 9.97 Å². The summed E-state index contributed by atoms with van der Waals surface area (Å²) in [7, 11) is 0. The third kappa shape index (κ3) is 5.79. The van der Waals surface area contributed by atoms with E-state index in [1.54, 1.807) is 0 Å². The van der Waals surface area contributed by atoms with Crippen molar-refractivity contribution >= 4 is 63.0 Å². The highest BCUT2D eigenvalue weighted by Crippen LogP contribution is 2.42. The molecule has 4 heteroatoms. The van der Waals surface area contributed by atoms with Gasteiger partial charge in [-0.1, -0.05) is 140 Å². The molecule has 0 atom stereocenters. The van der Waals surface area contributed by atoms with Crippen molar-refractivity contribution in [2.75, 3.05) is 0 Å². The van der Waals surface area contributed by atoms with Crippen LogP contribution in [0.4, 0.5) is 0 Å². The average molecular weight is 749 g/mol. The molecular weight excluding hydrogens is 717 g/mol. The normalized spacial score (nSPS) is 11.6. The van der Waals surface area contributed by atoms with Gasteiger partial charge in [-0.05, 0) is 88.0 Å². The van der Waals surface area contributed by atoms with Gasteiger partial charge in [-0.15, -0.1) is 22.7 Å². The Labute approximate surface area is 332 Å². The van der Waals surface area contributed by atoms with Gasteiger partial charge in [-0.3, -0.25) is 0 Å². The van der Waals surface area contributed by atoms with E-state index >= 15 is 0 Å². The smallest absolute Gasteiger partial charge is 0.160 e. The minimum absolute atomic E-state index is 0.709. The van der Waals surface area contributed by atoms with Crippen LogP contribution in [0.15, 0.2) is 194 Å². The number of thiophene rings is 2. The van der Waals surface area contributed by atoms with Gasteiger partial charge in [0, 0.05) is 57.0 Å². The van der Waals surface area contributed by atoms with Gasteiger partial charge in [0.15, 0.2) is 5.82 Å². The Bertz CT molecular complexity index is 3250. The molecule has 11 rings (SSSR count). The lowest BCUT2D eigenvalue weighted by atomic mass is 9.92. The Balaban J connectivity index is 1.15. The first-order valence-electron chi connectivity index (χ1n) is 18.8. The van der Waals surface area contributed by atoms with Crippen molar-refractivity contribution in [3.8, 4) is 67.3 Å². The maximum Gasteiger partial charge on any atom is 0.160 e. The molecule has 0 unspecified atom stereocenters. The van der Waals surface area contributed by atoms with Gasteiger partial charge >= 0.3 is 0 Å². The van der Waals surface area contributed by atoms with Crippen LogP contribution in [0.3, 0.4) is 0 Å². The first-order chi connectivity index (χ1) is 27.7. The van der Waals surface area contributed by atoms with E-state index in [1.165, 1.54) is 57.0 Å². The van der Waals surface area contributed by atoms with Crippen molar-refractivity contribution in [1.82, 2.24) is 9.97 Å². The molecule has 3 heterocycles. The van der Waals surface area contributed by atoms with Gasteiger partial charge in [-0.25, -0.2) is 9.97 Å². The molecule has 0 aliphatic heterocycles. The van der Waals surface area contributed by atoms with E-state index in [9.17, 15) is 0 Å². The second-order valence-corrected chi connectivity index (χ2v) is 16.3. The van der Waals surface area contributed by atoms with E-state index in [-0.39, 0.29) is 0 Å². The molecule has 0 radical (unpaired) electrons. The van der Waals surface area contributed by atoms with Crippen LogP contribution in [0, 0.1) is 0 Å². The minimum atomic E-state index is 0.709. The molecule has 0 amide bonds. The van der Waals surface area contributed by atoms with Crippen LogP contribution in [0.25, 0.3) is 108 Å². The Morgan fingerprint density at radius 3 is 1.57 bits per heavy atom. The SMILES string of the molecule is c1ccc(-c2cccc(-c3cc(-c4ccc5sc6ccccc6c5c4)cc(-c4cc(-c5cccc6c5sc5ccccc56)nc(-c5ccccc5)n4)c3)c2)cc1. The first-order valence-corrected chi connectivity index (χ1v) is 20.4. The molecule has 11 aromatic rings. The van der Waals surface area contributed by atoms with Gasteiger partial charge in [0.25, 0.3) is 0 Å². The van der Waals surface area contributed by atoms with Crippen molar-refractivity contribution in [2.24, 2.45) is 0 Å². The van der Waals surface area contributed by atoms with Crippen LogP contribution in [0.2, 0.25) is 0 Å². The van der Waals surface area contributed by atoms with E-state index in [0.717, 1.165) is 44.8 Å². The highest BCUT2D eigenvalue weighted by atomic mass is 32.1. The molecule has 56 heavy (non-hydrogen) atoms. The standard InChI is InChI=1S/C52H32N2S2/c1-3-13-33(14-4-1)35-17-11-18-36(27-35)38-28-39(37-25-26-50-45(31-37)42-20-8-9-23-48(42)55-50)30-40(29-38)46-32-47(54-52(53-46)34-15-5-2-6-16-34)44-22-12-21-43-41-19-7-10-24-49(41)56-51(43)44/h1-32H. The van der Waals surface area contributed by atoms with Crippen molar-refractivity contribution < 1.29 is 0 Å². The van der Waals surface area contributed by atoms with Crippen molar-refractivity contribution in [3.05, 3.63) is 194 Å². The highest BCUT2D eigenvalue weighted by molar-refractivity contribution is 7.26. The van der Waals surface area contributed by atoms with E-state index < -0.39 is 0 Å². The number of nitrogens with zero attached hydrogens (tertiary/aromatic N) is 2. The molecule has 0 saturated heterocycles. The molecule has 0 N–H and O–H groups in total. The Hall–Kier alpha value is -6.72. The third-order valence-electron chi connectivity index (χ3n) is 10.7. The summed E-state index contributed by atoms with van der Waals surface area (Å²) in [6, 6.07) is 69.8. The molecule has 0 aliphatic rings. The van der Waals surface area contributed by atoms with Crippen LogP contribution in [0.5, 0.6) is 0 Å². The maximum atomic E-state index is 5.33. The molecule has 262 valence electrons. The topological polar surface area (TPSA) is 25.8 Å². The van der Waals surface area contributed by atoms with E-state index in [1.807, 2.05) is 28.7 Å². The molecule has 0 aliphatic carbocycles. The fourth-order valence-corrected chi connectivity index (χ4v) is 10.2. The van der Waals surface area contributed by atoms with E-state index in [0.29, 0.717) is 5.82 Å². The summed E-state index contributed by atoms with van der Waals surface area (Å²) in [6.07, 6.45) is 0. The Morgan fingerprint density at radius 2 is 0.804 bits per heavy atom. The predicted octanol–water partition coefficient (Wildman–Crippen LogP) is 15.2. The lowest BCUT2D eigenvalue weighted by Crippen LogP contribution is -1.96. The summed E-state index contributed by atoms with van der Waals surface area (Å²) in [5, 5.41) is 5.11. The van der Waals surface area contributed by atoms with Crippen molar-refractivity contribution in [3.63, 3.8) is 0 Å². The zero-order valence-electron chi connectivity index (χ0n) is 30.2. The Morgan fingerprint density at radius 1 is 0.286 bits per heavy atom. The van der Waals surface area contributed by atoms with Gasteiger partial charge in [0.1, 0.15) is 0 Å². The molecule has 0 spiro atoms. The Kier molecular flexibility index (Phi) is 7.90. The number of benzene rings is 8. The van der Waals surface area contributed by atoms with Crippen LogP contribution < -0.4 is 0 Å². The fourth-order valence-electron chi connectivity index (χ4n) is 7.92. The van der Waals surface area contributed by atoms with Gasteiger partial charge in [0.2, 0.25) is 0 Å². The largest absolute Gasteiger partial charge is 0.228 e. The molecule has 2 nitrogen and oxygen atoms in total. The summed E-state index contributed by atoms with van der Waals surface area (Å²) in [5.41, 5.74) is 11.9. The average Bonchev–Trinajstić information content (AvgIpc) is 3.85. The quantitative estimate of drug-likeness (QED) is 0.169. The van der Waals surface area contributed by atoms with Crippen LogP contribution in [-0.2, 0) is 0 Å². The number of hydrogen-bond donors (Lipinski definition) is 0. The van der Waals surface area contributed by atoms with Crippen molar-refractivity contribution in [1.29, 1.82) is 0 Å². The first kappa shape index (κ1) is 32.7. The third-order valence-corrected chi connectivity index (χ3v) is 13.1. The molecule has 0 bridgehead atoms. The molecular formula is C52H32N2S2. The monoisotopic (exact) mass is 748 g/mol. The zero-order valence-corrected chi connectivity index (χ0v) is 31.8. The van der Waals surface area contributed by atoms with Crippen LogP contribution in [0.1, 0.15) is 0 Å². The van der Waals surface area contributed by atoms with Crippen LogP contribution >= 0.6 is 22.7 Å². The zero-order chi connectivity index (χ0) is 37.0. The molecule has 0 fully saturated rings. The van der Waals surface area contributed by atoms with Crippen molar-refractivity contribution in [2.45, 2.75) is 0 Å². The number of aromatic nitrogens is 2. The number of fused-ring (bicyclic) bond motifs is 6. The van der Waals surface area contributed by atoms with E-state index in [2.05, 4.69) is 188 Å². The predicted molar refractivity (Wildman–Crippen MR) is 240 cm³/mol. The van der Waals surface area contributed by atoms with Crippen LogP contribution in [-0.4, -0.2) is 9.97 Å². The lowest BCUT2D eigenvalue weighted by Gasteiger charge is -2.14. The molecule has 8 aromatic carbocycles.